The number of hydrogen-bond acceptors (Lipinski definition) is 3. The fourth-order valence-electron chi connectivity index (χ4n) is 2.50. The summed E-state index contributed by atoms with van der Waals surface area (Å²) in [5.74, 6) is 0.437. The average molecular weight is 301 g/mol. The zero-order chi connectivity index (χ0) is 16.3. The van der Waals surface area contributed by atoms with Gasteiger partial charge in [0.25, 0.3) is 5.91 Å². The second kappa shape index (κ2) is 6.77. The molecule has 0 aliphatic rings. The molecule has 118 valence electrons. The maximum Gasteiger partial charge on any atom is 0.349 e. The van der Waals surface area contributed by atoms with Crippen LogP contribution in [0.15, 0.2) is 39.5 Å². The normalized spacial score (nSPS) is 11.4. The molecule has 0 unspecified atom stereocenters. The second-order valence-electron chi connectivity index (χ2n) is 6.48. The lowest BCUT2D eigenvalue weighted by atomic mass is 10.1. The quantitative estimate of drug-likeness (QED) is 0.794. The van der Waals surface area contributed by atoms with Gasteiger partial charge in [0.1, 0.15) is 11.1 Å². The third-order valence-corrected chi connectivity index (χ3v) is 3.33. The highest BCUT2D eigenvalue weighted by Gasteiger charge is 2.22. The Bertz CT molecular complexity index is 706. The molecule has 0 bridgehead atoms. The van der Waals surface area contributed by atoms with Gasteiger partial charge in [0, 0.05) is 18.5 Å². The van der Waals surface area contributed by atoms with E-state index in [0.29, 0.717) is 30.5 Å². The number of amides is 1. The lowest BCUT2D eigenvalue weighted by Gasteiger charge is -2.26. The minimum Gasteiger partial charge on any atom is -0.422 e. The Morgan fingerprint density at radius 3 is 2.27 bits per heavy atom. The zero-order valence-electron chi connectivity index (χ0n) is 13.6. The van der Waals surface area contributed by atoms with Crippen molar-refractivity contribution in [2.45, 2.75) is 27.7 Å². The van der Waals surface area contributed by atoms with Crippen LogP contribution >= 0.6 is 0 Å². The summed E-state index contributed by atoms with van der Waals surface area (Å²) in [4.78, 5) is 26.6. The summed E-state index contributed by atoms with van der Waals surface area (Å²) in [6.07, 6.45) is 0. The number of benzene rings is 1. The van der Waals surface area contributed by atoms with Crippen LogP contribution in [0.4, 0.5) is 0 Å². The van der Waals surface area contributed by atoms with E-state index >= 15 is 0 Å². The number of rotatable bonds is 5. The number of hydrogen-bond donors (Lipinski definition) is 0. The summed E-state index contributed by atoms with van der Waals surface area (Å²) in [7, 11) is 0. The summed E-state index contributed by atoms with van der Waals surface area (Å²) in [5, 5.41) is 0.763. The maximum absolute atomic E-state index is 12.7. The lowest BCUT2D eigenvalue weighted by Crippen LogP contribution is -2.39. The molecular weight excluding hydrogens is 278 g/mol. The van der Waals surface area contributed by atoms with Crippen LogP contribution in [0.1, 0.15) is 38.1 Å². The molecule has 0 N–H and O–H groups in total. The van der Waals surface area contributed by atoms with Crippen molar-refractivity contribution in [3.63, 3.8) is 0 Å². The zero-order valence-corrected chi connectivity index (χ0v) is 13.6. The van der Waals surface area contributed by atoms with Crippen molar-refractivity contribution in [1.82, 2.24) is 4.90 Å². The number of carbonyl (C=O) groups is 1. The van der Waals surface area contributed by atoms with Crippen molar-refractivity contribution >= 4 is 16.9 Å². The molecule has 1 aromatic carbocycles. The second-order valence-corrected chi connectivity index (χ2v) is 6.48. The number of fused-ring (bicyclic) bond motifs is 1. The van der Waals surface area contributed by atoms with Gasteiger partial charge in [-0.1, -0.05) is 45.9 Å². The van der Waals surface area contributed by atoms with E-state index in [0.717, 1.165) is 5.39 Å². The van der Waals surface area contributed by atoms with Gasteiger partial charge >= 0.3 is 5.63 Å². The van der Waals surface area contributed by atoms with E-state index in [1.807, 2.05) is 12.1 Å². The van der Waals surface area contributed by atoms with E-state index in [-0.39, 0.29) is 11.5 Å². The first-order valence-electron chi connectivity index (χ1n) is 7.70. The van der Waals surface area contributed by atoms with E-state index in [1.165, 1.54) is 0 Å². The fourth-order valence-corrected chi connectivity index (χ4v) is 2.50. The molecule has 0 aliphatic carbocycles. The molecule has 2 rings (SSSR count). The molecule has 0 aliphatic heterocycles. The highest BCUT2D eigenvalue weighted by Crippen LogP contribution is 2.15. The Balaban J connectivity index is 2.41. The smallest absolute Gasteiger partial charge is 0.349 e. The van der Waals surface area contributed by atoms with Crippen LogP contribution in [0.3, 0.4) is 0 Å². The van der Waals surface area contributed by atoms with Crippen LogP contribution in [0.2, 0.25) is 0 Å². The van der Waals surface area contributed by atoms with Gasteiger partial charge in [-0.3, -0.25) is 4.79 Å². The molecule has 4 nitrogen and oxygen atoms in total. The summed E-state index contributed by atoms with van der Waals surface area (Å²) in [6.45, 7) is 9.49. The van der Waals surface area contributed by atoms with E-state index in [4.69, 9.17) is 4.42 Å². The first-order valence-corrected chi connectivity index (χ1v) is 7.70. The summed E-state index contributed by atoms with van der Waals surface area (Å²) in [6, 6.07) is 8.86. The highest BCUT2D eigenvalue weighted by molar-refractivity contribution is 5.96. The Hall–Kier alpha value is -2.10. The number of carbonyl (C=O) groups excluding carboxylic acids is 1. The molecule has 4 heteroatoms. The molecule has 2 aromatic rings. The molecule has 1 amide bonds. The fraction of sp³-hybridized carbons (Fsp3) is 0.444. The van der Waals surface area contributed by atoms with E-state index in [9.17, 15) is 9.59 Å². The van der Waals surface area contributed by atoms with E-state index < -0.39 is 5.63 Å². The molecular formula is C18H23NO3. The molecule has 0 spiro atoms. The van der Waals surface area contributed by atoms with Gasteiger partial charge in [-0.15, -0.1) is 0 Å². The van der Waals surface area contributed by atoms with Crippen LogP contribution in [0.5, 0.6) is 0 Å². The van der Waals surface area contributed by atoms with Gasteiger partial charge in [-0.05, 0) is 24.0 Å². The third-order valence-electron chi connectivity index (χ3n) is 3.33. The Morgan fingerprint density at radius 2 is 1.68 bits per heavy atom. The van der Waals surface area contributed by atoms with Crippen molar-refractivity contribution in [3.05, 3.63) is 46.3 Å². The van der Waals surface area contributed by atoms with Crippen LogP contribution in [0.25, 0.3) is 11.0 Å². The monoisotopic (exact) mass is 301 g/mol. The number of nitrogens with zero attached hydrogens (tertiary/aromatic N) is 1. The van der Waals surface area contributed by atoms with E-state index in [1.54, 1.807) is 23.1 Å². The minimum absolute atomic E-state index is 0.111. The van der Waals surface area contributed by atoms with Crippen LogP contribution in [-0.4, -0.2) is 23.9 Å². The van der Waals surface area contributed by atoms with Gasteiger partial charge in [0.15, 0.2) is 0 Å². The van der Waals surface area contributed by atoms with Crippen LogP contribution in [-0.2, 0) is 0 Å². The van der Waals surface area contributed by atoms with Crippen LogP contribution < -0.4 is 5.63 Å². The largest absolute Gasteiger partial charge is 0.422 e. The van der Waals surface area contributed by atoms with Crippen molar-refractivity contribution in [2.24, 2.45) is 11.8 Å². The van der Waals surface area contributed by atoms with Crippen molar-refractivity contribution in [2.75, 3.05) is 13.1 Å². The Labute approximate surface area is 130 Å². The molecule has 22 heavy (non-hydrogen) atoms. The molecule has 1 aromatic heterocycles. The van der Waals surface area contributed by atoms with Gasteiger partial charge in [-0.2, -0.15) is 0 Å². The topological polar surface area (TPSA) is 50.5 Å². The van der Waals surface area contributed by atoms with Crippen molar-refractivity contribution in [3.8, 4) is 0 Å². The highest BCUT2D eigenvalue weighted by atomic mass is 16.4. The van der Waals surface area contributed by atoms with Gasteiger partial charge in [0.05, 0.1) is 0 Å². The summed E-state index contributed by atoms with van der Waals surface area (Å²) in [5.41, 5.74) is 0.0459. The first-order chi connectivity index (χ1) is 10.4. The maximum atomic E-state index is 12.7. The first kappa shape index (κ1) is 16.3. The third kappa shape index (κ3) is 3.75. The molecule has 0 saturated carbocycles. The van der Waals surface area contributed by atoms with Crippen molar-refractivity contribution < 1.29 is 9.21 Å². The predicted octanol–water partition coefficient (Wildman–Crippen LogP) is 3.55. The Morgan fingerprint density at radius 1 is 1.09 bits per heavy atom. The van der Waals surface area contributed by atoms with Gasteiger partial charge < -0.3 is 9.32 Å². The SMILES string of the molecule is CC(C)CN(CC(C)C)C(=O)c1cc2ccccc2oc1=O. The standard InChI is InChI=1S/C18H23NO3/c1-12(2)10-19(11-13(3)4)17(20)15-9-14-7-5-6-8-16(14)22-18(15)21/h5-9,12-13H,10-11H2,1-4H3. The molecule has 0 radical (unpaired) electrons. The molecule has 0 saturated heterocycles. The number of para-hydroxylation sites is 1. The summed E-state index contributed by atoms with van der Waals surface area (Å²) < 4.78 is 5.27. The summed E-state index contributed by atoms with van der Waals surface area (Å²) >= 11 is 0. The van der Waals surface area contributed by atoms with E-state index in [2.05, 4.69) is 27.7 Å². The Kier molecular flexibility index (Phi) is 5.01. The van der Waals surface area contributed by atoms with Gasteiger partial charge in [-0.25, -0.2) is 4.79 Å². The predicted molar refractivity (Wildman–Crippen MR) is 88.1 cm³/mol. The average Bonchev–Trinajstić information content (AvgIpc) is 2.44. The van der Waals surface area contributed by atoms with Crippen molar-refractivity contribution in [1.29, 1.82) is 0 Å². The lowest BCUT2D eigenvalue weighted by molar-refractivity contribution is 0.0711. The molecule has 0 fully saturated rings. The van der Waals surface area contributed by atoms with Crippen LogP contribution in [0, 0.1) is 11.8 Å². The minimum atomic E-state index is -0.568. The molecule has 1 heterocycles. The molecule has 0 atom stereocenters. The van der Waals surface area contributed by atoms with Gasteiger partial charge in [0.2, 0.25) is 0 Å².